The number of hydrogen-bond acceptors (Lipinski definition) is 4. The molecule has 1 atom stereocenters. The van der Waals surface area contributed by atoms with Crippen molar-refractivity contribution < 1.29 is 9.84 Å². The van der Waals surface area contributed by atoms with Crippen LogP contribution in [0.25, 0.3) is 0 Å². The lowest BCUT2D eigenvalue weighted by Gasteiger charge is -2.22. The summed E-state index contributed by atoms with van der Waals surface area (Å²) in [6, 6.07) is 0. The second kappa shape index (κ2) is 7.22. The number of nitrogens with zero attached hydrogens (tertiary/aromatic N) is 1. The highest BCUT2D eigenvalue weighted by Crippen LogP contribution is 2.12. The molecule has 1 unspecified atom stereocenters. The summed E-state index contributed by atoms with van der Waals surface area (Å²) in [5.41, 5.74) is 4.80. The molecule has 1 saturated heterocycles. The summed E-state index contributed by atoms with van der Waals surface area (Å²) in [5, 5.41) is 9.75. The summed E-state index contributed by atoms with van der Waals surface area (Å²) in [4.78, 5) is 2.45. The predicted octanol–water partition coefficient (Wildman–Crippen LogP) is 0.589. The largest absolute Gasteiger partial charge is 0.389 e. The van der Waals surface area contributed by atoms with Crippen LogP contribution in [-0.2, 0) is 4.74 Å². The summed E-state index contributed by atoms with van der Waals surface area (Å²) in [7, 11) is 0. The molecule has 0 aromatic carbocycles. The fraction of sp³-hybridized carbons (Fsp3) is 1.00. The number of nitrogens with two attached hydrogens (primary N) is 1. The van der Waals surface area contributed by atoms with Gasteiger partial charge in [-0.05, 0) is 39.2 Å². The molecule has 0 spiro atoms. The van der Waals surface area contributed by atoms with E-state index in [-0.39, 0.29) is 0 Å². The first-order valence-corrected chi connectivity index (χ1v) is 6.36. The van der Waals surface area contributed by atoms with Crippen LogP contribution in [0, 0.1) is 0 Å². The van der Waals surface area contributed by atoms with Crippen molar-refractivity contribution in [1.29, 1.82) is 0 Å². The molecule has 1 fully saturated rings. The zero-order valence-electron chi connectivity index (χ0n) is 10.5. The zero-order valence-corrected chi connectivity index (χ0v) is 10.5. The van der Waals surface area contributed by atoms with Gasteiger partial charge in [-0.1, -0.05) is 0 Å². The Balaban J connectivity index is 2.05. The SMILES string of the molecule is CC(O)(CN)CCCCN1CCCOCC1. The van der Waals surface area contributed by atoms with Gasteiger partial charge >= 0.3 is 0 Å². The monoisotopic (exact) mass is 230 g/mol. The topological polar surface area (TPSA) is 58.7 Å². The molecule has 4 nitrogen and oxygen atoms in total. The molecule has 1 heterocycles. The molecule has 0 aromatic rings. The maximum Gasteiger partial charge on any atom is 0.0741 e. The molecule has 0 amide bonds. The van der Waals surface area contributed by atoms with Crippen molar-refractivity contribution in [2.75, 3.05) is 39.4 Å². The zero-order chi connectivity index (χ0) is 11.9. The Morgan fingerprint density at radius 1 is 1.31 bits per heavy atom. The summed E-state index contributed by atoms with van der Waals surface area (Å²) >= 11 is 0. The molecule has 16 heavy (non-hydrogen) atoms. The van der Waals surface area contributed by atoms with Crippen LogP contribution in [0.2, 0.25) is 0 Å². The average molecular weight is 230 g/mol. The van der Waals surface area contributed by atoms with Crippen LogP contribution in [0.5, 0.6) is 0 Å². The second-order valence-electron chi connectivity index (χ2n) is 4.97. The van der Waals surface area contributed by atoms with Crippen LogP contribution in [-0.4, -0.2) is 55.0 Å². The summed E-state index contributed by atoms with van der Waals surface area (Å²) in [6.45, 7) is 7.24. The van der Waals surface area contributed by atoms with Crippen molar-refractivity contribution in [2.24, 2.45) is 5.73 Å². The quantitative estimate of drug-likeness (QED) is 0.656. The summed E-state index contributed by atoms with van der Waals surface area (Å²) in [5.74, 6) is 0. The lowest BCUT2D eigenvalue weighted by molar-refractivity contribution is 0.0563. The predicted molar refractivity (Wildman–Crippen MR) is 65.4 cm³/mol. The molecule has 0 bridgehead atoms. The van der Waals surface area contributed by atoms with Crippen LogP contribution < -0.4 is 5.73 Å². The van der Waals surface area contributed by atoms with Gasteiger partial charge in [0.1, 0.15) is 0 Å². The van der Waals surface area contributed by atoms with Gasteiger partial charge in [0.05, 0.1) is 12.2 Å². The number of rotatable bonds is 6. The maximum atomic E-state index is 9.75. The van der Waals surface area contributed by atoms with Crippen molar-refractivity contribution in [2.45, 2.75) is 38.2 Å². The number of aliphatic hydroxyl groups is 1. The van der Waals surface area contributed by atoms with Gasteiger partial charge in [0.25, 0.3) is 0 Å². The standard InChI is InChI=1S/C12H26N2O2/c1-12(15,11-13)5-2-3-6-14-7-4-9-16-10-8-14/h15H,2-11,13H2,1H3. The van der Waals surface area contributed by atoms with Gasteiger partial charge in [0, 0.05) is 26.2 Å². The summed E-state index contributed by atoms with van der Waals surface area (Å²) < 4.78 is 5.40. The minimum atomic E-state index is -0.679. The van der Waals surface area contributed by atoms with E-state index in [1.165, 1.54) is 0 Å². The Morgan fingerprint density at radius 3 is 2.88 bits per heavy atom. The van der Waals surface area contributed by atoms with Crippen LogP contribution in [0.15, 0.2) is 0 Å². The summed E-state index contributed by atoms with van der Waals surface area (Å²) in [6.07, 6.45) is 4.12. The average Bonchev–Trinajstić information content (AvgIpc) is 2.53. The van der Waals surface area contributed by atoms with Gasteiger partial charge < -0.3 is 20.5 Å². The second-order valence-corrected chi connectivity index (χ2v) is 4.97. The Hall–Kier alpha value is -0.160. The van der Waals surface area contributed by atoms with E-state index in [1.807, 2.05) is 6.92 Å². The smallest absolute Gasteiger partial charge is 0.0741 e. The van der Waals surface area contributed by atoms with Crippen LogP contribution in [0.1, 0.15) is 32.6 Å². The third kappa shape index (κ3) is 5.80. The molecule has 0 radical (unpaired) electrons. The van der Waals surface area contributed by atoms with Gasteiger partial charge in [-0.15, -0.1) is 0 Å². The molecule has 0 saturated carbocycles. The Bertz CT molecular complexity index is 178. The van der Waals surface area contributed by atoms with Gasteiger partial charge in [0.2, 0.25) is 0 Å². The van der Waals surface area contributed by atoms with E-state index in [2.05, 4.69) is 4.90 Å². The molecule has 4 heteroatoms. The lowest BCUT2D eigenvalue weighted by atomic mass is 9.99. The van der Waals surface area contributed by atoms with Crippen molar-refractivity contribution in [3.05, 3.63) is 0 Å². The molecule has 1 aliphatic heterocycles. The van der Waals surface area contributed by atoms with Gasteiger partial charge in [-0.2, -0.15) is 0 Å². The van der Waals surface area contributed by atoms with E-state index in [9.17, 15) is 5.11 Å². The van der Waals surface area contributed by atoms with Gasteiger partial charge in [-0.25, -0.2) is 0 Å². The Kier molecular flexibility index (Phi) is 6.28. The molecule has 96 valence electrons. The van der Waals surface area contributed by atoms with E-state index in [1.54, 1.807) is 0 Å². The molecular formula is C12H26N2O2. The molecule has 1 aliphatic rings. The van der Waals surface area contributed by atoms with Crippen molar-refractivity contribution >= 4 is 0 Å². The van der Waals surface area contributed by atoms with Crippen LogP contribution in [0.4, 0.5) is 0 Å². The minimum Gasteiger partial charge on any atom is -0.389 e. The van der Waals surface area contributed by atoms with E-state index < -0.39 is 5.60 Å². The van der Waals surface area contributed by atoms with E-state index >= 15 is 0 Å². The van der Waals surface area contributed by atoms with E-state index in [0.717, 1.165) is 58.5 Å². The fourth-order valence-corrected chi connectivity index (χ4v) is 1.96. The molecule has 0 aliphatic carbocycles. The first-order valence-electron chi connectivity index (χ1n) is 6.36. The molecule has 3 N–H and O–H groups in total. The highest BCUT2D eigenvalue weighted by molar-refractivity contribution is 4.73. The van der Waals surface area contributed by atoms with Crippen LogP contribution in [0.3, 0.4) is 0 Å². The number of unbranched alkanes of at least 4 members (excludes halogenated alkanes) is 1. The first kappa shape index (κ1) is 13.9. The van der Waals surface area contributed by atoms with Crippen molar-refractivity contribution in [3.8, 4) is 0 Å². The Labute approximate surface area is 98.8 Å². The highest BCUT2D eigenvalue weighted by Gasteiger charge is 2.17. The van der Waals surface area contributed by atoms with E-state index in [0.29, 0.717) is 6.54 Å². The van der Waals surface area contributed by atoms with Crippen molar-refractivity contribution in [1.82, 2.24) is 4.90 Å². The maximum absolute atomic E-state index is 9.75. The number of hydrogen-bond donors (Lipinski definition) is 2. The van der Waals surface area contributed by atoms with Gasteiger partial charge in [0.15, 0.2) is 0 Å². The Morgan fingerprint density at radius 2 is 2.12 bits per heavy atom. The lowest BCUT2D eigenvalue weighted by Crippen LogP contribution is -2.34. The van der Waals surface area contributed by atoms with E-state index in [4.69, 9.17) is 10.5 Å². The van der Waals surface area contributed by atoms with Crippen LogP contribution >= 0.6 is 0 Å². The first-order chi connectivity index (χ1) is 7.64. The third-order valence-corrected chi connectivity index (χ3v) is 3.19. The van der Waals surface area contributed by atoms with Crippen molar-refractivity contribution in [3.63, 3.8) is 0 Å². The third-order valence-electron chi connectivity index (χ3n) is 3.19. The fourth-order valence-electron chi connectivity index (χ4n) is 1.96. The normalized spacial score (nSPS) is 22.7. The molecular weight excluding hydrogens is 204 g/mol. The minimum absolute atomic E-state index is 0.352. The number of ether oxygens (including phenoxy) is 1. The molecule has 0 aromatic heterocycles. The molecule has 1 rings (SSSR count). The van der Waals surface area contributed by atoms with Gasteiger partial charge in [-0.3, -0.25) is 0 Å². The highest BCUT2D eigenvalue weighted by atomic mass is 16.5.